The molecule has 0 radical (unpaired) electrons. The first-order valence-electron chi connectivity index (χ1n) is 7.76. The standard InChI is InChI=1S/C18H18N4O4/c1-12(23)20-14-7-9-15(10-8-14)22-18(26)17(25)19-11-16(24)21-13-5-3-2-4-6-13/h2-10H,11H2,1H3,(H,19,25)(H,20,23)(H,21,24)(H,22,26). The number of rotatable bonds is 5. The van der Waals surface area contributed by atoms with Gasteiger partial charge in [0.25, 0.3) is 0 Å². The van der Waals surface area contributed by atoms with E-state index in [9.17, 15) is 19.2 Å². The van der Waals surface area contributed by atoms with Crippen molar-refractivity contribution in [3.8, 4) is 0 Å². The molecule has 0 atom stereocenters. The molecule has 0 unspecified atom stereocenters. The molecule has 26 heavy (non-hydrogen) atoms. The summed E-state index contributed by atoms with van der Waals surface area (Å²) in [7, 11) is 0. The van der Waals surface area contributed by atoms with Gasteiger partial charge in [0.15, 0.2) is 0 Å². The minimum Gasteiger partial charge on any atom is -0.339 e. The van der Waals surface area contributed by atoms with E-state index in [1.807, 2.05) is 6.07 Å². The third-order valence-corrected chi connectivity index (χ3v) is 3.14. The van der Waals surface area contributed by atoms with Gasteiger partial charge >= 0.3 is 11.8 Å². The Morgan fingerprint density at radius 1 is 0.692 bits per heavy atom. The van der Waals surface area contributed by atoms with Crippen LogP contribution >= 0.6 is 0 Å². The second-order valence-corrected chi connectivity index (χ2v) is 5.31. The highest BCUT2D eigenvalue weighted by molar-refractivity contribution is 6.39. The highest BCUT2D eigenvalue weighted by Gasteiger charge is 2.15. The molecule has 2 rings (SSSR count). The van der Waals surface area contributed by atoms with Crippen LogP contribution < -0.4 is 21.3 Å². The van der Waals surface area contributed by atoms with Crippen LogP contribution in [-0.2, 0) is 19.2 Å². The minimum absolute atomic E-state index is 0.213. The van der Waals surface area contributed by atoms with E-state index in [-0.39, 0.29) is 12.5 Å². The fourth-order valence-corrected chi connectivity index (χ4v) is 2.00. The van der Waals surface area contributed by atoms with Gasteiger partial charge in [0, 0.05) is 24.0 Å². The molecule has 8 nitrogen and oxygen atoms in total. The summed E-state index contributed by atoms with van der Waals surface area (Å²) >= 11 is 0. The molecule has 0 fully saturated rings. The second-order valence-electron chi connectivity index (χ2n) is 5.31. The fraction of sp³-hybridized carbons (Fsp3) is 0.111. The zero-order valence-corrected chi connectivity index (χ0v) is 14.0. The molecule has 0 saturated carbocycles. The maximum atomic E-state index is 11.8. The molecule has 0 aliphatic carbocycles. The number of nitrogens with one attached hydrogen (secondary N) is 4. The van der Waals surface area contributed by atoms with Crippen molar-refractivity contribution in [3.63, 3.8) is 0 Å². The van der Waals surface area contributed by atoms with Gasteiger partial charge in [-0.1, -0.05) is 18.2 Å². The van der Waals surface area contributed by atoms with Crippen LogP contribution in [0.4, 0.5) is 17.1 Å². The van der Waals surface area contributed by atoms with Crippen LogP contribution in [0, 0.1) is 0 Å². The van der Waals surface area contributed by atoms with Gasteiger partial charge in [-0.15, -0.1) is 0 Å². The normalized spacial score (nSPS) is 9.73. The molecule has 2 aromatic carbocycles. The van der Waals surface area contributed by atoms with Crippen LogP contribution in [0.1, 0.15) is 6.92 Å². The van der Waals surface area contributed by atoms with Gasteiger partial charge in [-0.2, -0.15) is 0 Å². The first-order chi connectivity index (χ1) is 12.4. The average Bonchev–Trinajstić information content (AvgIpc) is 2.61. The number of benzene rings is 2. The molecule has 0 aliphatic rings. The molecule has 134 valence electrons. The number of hydrogen-bond acceptors (Lipinski definition) is 4. The lowest BCUT2D eigenvalue weighted by molar-refractivity contribution is -0.136. The lowest BCUT2D eigenvalue weighted by atomic mass is 10.2. The number of carbonyl (C=O) groups excluding carboxylic acids is 4. The van der Waals surface area contributed by atoms with Crippen molar-refractivity contribution in [2.45, 2.75) is 6.92 Å². The summed E-state index contributed by atoms with van der Waals surface area (Å²) < 4.78 is 0. The number of hydrogen-bond donors (Lipinski definition) is 4. The first-order valence-corrected chi connectivity index (χ1v) is 7.76. The van der Waals surface area contributed by atoms with Gasteiger partial charge in [-0.25, -0.2) is 0 Å². The van der Waals surface area contributed by atoms with Crippen molar-refractivity contribution in [1.29, 1.82) is 0 Å². The monoisotopic (exact) mass is 354 g/mol. The summed E-state index contributed by atoms with van der Waals surface area (Å²) in [6, 6.07) is 15.0. The Labute approximate surface area is 150 Å². The minimum atomic E-state index is -0.931. The van der Waals surface area contributed by atoms with Crippen molar-refractivity contribution >= 4 is 40.7 Å². The maximum absolute atomic E-state index is 11.8. The average molecular weight is 354 g/mol. The molecule has 2 aromatic rings. The van der Waals surface area contributed by atoms with E-state index in [0.717, 1.165) is 0 Å². The van der Waals surface area contributed by atoms with Crippen molar-refractivity contribution in [1.82, 2.24) is 5.32 Å². The molecular formula is C18H18N4O4. The Morgan fingerprint density at radius 3 is 1.81 bits per heavy atom. The molecule has 0 aliphatic heterocycles. The molecule has 0 spiro atoms. The molecule has 8 heteroatoms. The third-order valence-electron chi connectivity index (χ3n) is 3.14. The van der Waals surface area contributed by atoms with Crippen LogP contribution in [0.25, 0.3) is 0 Å². The molecule has 0 saturated heterocycles. The van der Waals surface area contributed by atoms with Crippen molar-refractivity contribution < 1.29 is 19.2 Å². The van der Waals surface area contributed by atoms with Gasteiger partial charge in [0.1, 0.15) is 0 Å². The van der Waals surface area contributed by atoms with Crippen LogP contribution in [0.5, 0.6) is 0 Å². The Morgan fingerprint density at radius 2 is 1.23 bits per heavy atom. The topological polar surface area (TPSA) is 116 Å². The molecule has 4 N–H and O–H groups in total. The summed E-state index contributed by atoms with van der Waals surface area (Å²) in [5, 5.41) is 9.81. The van der Waals surface area contributed by atoms with Crippen LogP contribution in [-0.4, -0.2) is 30.2 Å². The Balaban J connectivity index is 1.79. The van der Waals surface area contributed by atoms with E-state index in [1.165, 1.54) is 6.92 Å². The number of para-hydroxylation sites is 1. The molecule has 4 amide bonds. The summed E-state index contributed by atoms with van der Waals surface area (Å²) in [6.07, 6.45) is 0. The van der Waals surface area contributed by atoms with E-state index in [4.69, 9.17) is 0 Å². The van der Waals surface area contributed by atoms with Crippen LogP contribution in [0.3, 0.4) is 0 Å². The highest BCUT2D eigenvalue weighted by Crippen LogP contribution is 2.13. The summed E-state index contributed by atoms with van der Waals surface area (Å²) in [5.74, 6) is -2.49. The van der Waals surface area contributed by atoms with Crippen molar-refractivity contribution in [3.05, 3.63) is 54.6 Å². The van der Waals surface area contributed by atoms with E-state index >= 15 is 0 Å². The quantitative estimate of drug-likeness (QED) is 0.606. The summed E-state index contributed by atoms with van der Waals surface area (Å²) in [4.78, 5) is 46.3. The zero-order valence-electron chi connectivity index (χ0n) is 14.0. The summed E-state index contributed by atoms with van der Waals surface area (Å²) in [5.41, 5.74) is 1.54. The molecule has 0 heterocycles. The van der Waals surface area contributed by atoms with E-state index in [1.54, 1.807) is 48.5 Å². The van der Waals surface area contributed by atoms with Gasteiger partial charge < -0.3 is 21.3 Å². The third kappa shape index (κ3) is 6.08. The number of carbonyl (C=O) groups is 4. The lowest BCUT2D eigenvalue weighted by Crippen LogP contribution is -2.39. The van der Waals surface area contributed by atoms with E-state index < -0.39 is 17.7 Å². The highest BCUT2D eigenvalue weighted by atomic mass is 16.2. The molecular weight excluding hydrogens is 336 g/mol. The number of amides is 4. The predicted molar refractivity (Wildman–Crippen MR) is 97.5 cm³/mol. The predicted octanol–water partition coefficient (Wildman–Crippen LogP) is 1.34. The van der Waals surface area contributed by atoms with Gasteiger partial charge in [0.2, 0.25) is 11.8 Å². The van der Waals surface area contributed by atoms with Crippen molar-refractivity contribution in [2.24, 2.45) is 0 Å². The summed E-state index contributed by atoms with van der Waals surface area (Å²) in [6.45, 7) is 1.05. The zero-order chi connectivity index (χ0) is 18.9. The Hall–Kier alpha value is -3.68. The van der Waals surface area contributed by atoms with Crippen molar-refractivity contribution in [2.75, 3.05) is 22.5 Å². The van der Waals surface area contributed by atoms with Crippen LogP contribution in [0.15, 0.2) is 54.6 Å². The smallest absolute Gasteiger partial charge is 0.313 e. The van der Waals surface area contributed by atoms with Gasteiger partial charge in [-0.05, 0) is 36.4 Å². The molecule has 0 bridgehead atoms. The van der Waals surface area contributed by atoms with E-state index in [0.29, 0.717) is 17.1 Å². The van der Waals surface area contributed by atoms with Gasteiger partial charge in [0.05, 0.1) is 6.54 Å². The largest absolute Gasteiger partial charge is 0.339 e. The maximum Gasteiger partial charge on any atom is 0.313 e. The Kier molecular flexibility index (Phi) is 6.44. The molecule has 0 aromatic heterocycles. The number of anilines is 3. The Bertz CT molecular complexity index is 804. The van der Waals surface area contributed by atoms with Gasteiger partial charge in [-0.3, -0.25) is 19.2 Å². The lowest BCUT2D eigenvalue weighted by Gasteiger charge is -2.08. The second kappa shape index (κ2) is 8.97. The van der Waals surface area contributed by atoms with Crippen LogP contribution in [0.2, 0.25) is 0 Å². The van der Waals surface area contributed by atoms with E-state index in [2.05, 4.69) is 21.3 Å². The first kappa shape index (κ1) is 18.7. The SMILES string of the molecule is CC(=O)Nc1ccc(NC(=O)C(=O)NCC(=O)Nc2ccccc2)cc1. The fourth-order valence-electron chi connectivity index (χ4n) is 2.00.